The second kappa shape index (κ2) is 9.30. The minimum absolute atomic E-state index is 0.0708. The molecule has 178 valence electrons. The van der Waals surface area contributed by atoms with Crippen LogP contribution < -0.4 is 15.0 Å². The van der Waals surface area contributed by atoms with Crippen molar-refractivity contribution in [2.45, 2.75) is 31.5 Å². The van der Waals surface area contributed by atoms with Gasteiger partial charge < -0.3 is 10.1 Å². The SMILES string of the molecule is CN(CC(=O)N1c2ccccc2NC(=O)CC1C(F)(F)F)Cc1ccc(OC(F)(F)F)cc1. The molecule has 1 atom stereocenters. The summed E-state index contributed by atoms with van der Waals surface area (Å²) in [5.74, 6) is -2.17. The lowest BCUT2D eigenvalue weighted by molar-refractivity contribution is -0.274. The lowest BCUT2D eigenvalue weighted by Crippen LogP contribution is -2.52. The highest BCUT2D eigenvalue weighted by Crippen LogP contribution is 2.37. The van der Waals surface area contributed by atoms with E-state index in [-0.39, 0.29) is 17.9 Å². The highest BCUT2D eigenvalue weighted by molar-refractivity contribution is 6.05. The molecule has 1 aliphatic rings. The molecule has 0 saturated carbocycles. The number of alkyl halides is 6. The van der Waals surface area contributed by atoms with Crippen LogP contribution in [0.1, 0.15) is 12.0 Å². The Hall–Kier alpha value is -3.28. The van der Waals surface area contributed by atoms with Crippen LogP contribution in [0.15, 0.2) is 48.5 Å². The van der Waals surface area contributed by atoms with Crippen LogP contribution in [-0.4, -0.2) is 48.9 Å². The average Bonchev–Trinajstić information content (AvgIpc) is 2.84. The largest absolute Gasteiger partial charge is 0.573 e. The minimum atomic E-state index is -4.85. The number of halogens is 6. The van der Waals surface area contributed by atoms with E-state index >= 15 is 0 Å². The van der Waals surface area contributed by atoms with Crippen LogP contribution >= 0.6 is 0 Å². The Labute approximate surface area is 184 Å². The summed E-state index contributed by atoms with van der Waals surface area (Å²) in [4.78, 5) is 27.0. The molecule has 33 heavy (non-hydrogen) atoms. The molecule has 6 nitrogen and oxygen atoms in total. The maximum absolute atomic E-state index is 13.8. The van der Waals surface area contributed by atoms with Gasteiger partial charge in [0.15, 0.2) is 0 Å². The highest BCUT2D eigenvalue weighted by Gasteiger charge is 2.49. The third-order valence-corrected chi connectivity index (χ3v) is 4.79. The number of carbonyl (C=O) groups excluding carboxylic acids is 2. The van der Waals surface area contributed by atoms with E-state index < -0.39 is 49.1 Å². The summed E-state index contributed by atoms with van der Waals surface area (Å²) in [6.45, 7) is -0.364. The molecular weight excluding hydrogens is 456 g/mol. The maximum atomic E-state index is 13.8. The van der Waals surface area contributed by atoms with Crippen LogP contribution in [0.25, 0.3) is 0 Å². The van der Waals surface area contributed by atoms with Crippen molar-refractivity contribution < 1.29 is 40.7 Å². The van der Waals surface area contributed by atoms with Crippen molar-refractivity contribution in [3.63, 3.8) is 0 Å². The number of benzene rings is 2. The summed E-state index contributed by atoms with van der Waals surface area (Å²) < 4.78 is 81.9. The number of nitrogens with zero attached hydrogens (tertiary/aromatic N) is 2. The molecule has 0 radical (unpaired) electrons. The second-order valence-electron chi connectivity index (χ2n) is 7.45. The first-order valence-electron chi connectivity index (χ1n) is 9.64. The monoisotopic (exact) mass is 475 g/mol. The van der Waals surface area contributed by atoms with Crippen LogP contribution in [0, 0.1) is 0 Å². The quantitative estimate of drug-likeness (QED) is 0.655. The predicted molar refractivity (Wildman–Crippen MR) is 106 cm³/mol. The Morgan fingerprint density at radius 2 is 1.73 bits per heavy atom. The molecule has 2 aromatic carbocycles. The number of nitrogens with one attached hydrogen (secondary N) is 1. The number of hydrogen-bond donors (Lipinski definition) is 1. The summed E-state index contributed by atoms with van der Waals surface area (Å²) in [7, 11) is 1.48. The zero-order chi connectivity index (χ0) is 24.4. The standard InChI is InChI=1S/C21H19F6N3O3/c1-29(11-13-6-8-14(9-7-13)33-21(25,26)27)12-19(32)30-16-5-3-2-4-15(16)28-18(31)10-17(30)20(22,23)24/h2-9,17H,10-12H2,1H3,(H,28,31). The van der Waals surface area contributed by atoms with E-state index in [0.717, 1.165) is 12.1 Å². The number of hydrogen-bond acceptors (Lipinski definition) is 4. The molecule has 1 unspecified atom stereocenters. The third-order valence-electron chi connectivity index (χ3n) is 4.79. The van der Waals surface area contributed by atoms with Crippen molar-refractivity contribution >= 4 is 23.2 Å². The van der Waals surface area contributed by atoms with E-state index in [1.807, 2.05) is 0 Å². The lowest BCUT2D eigenvalue weighted by atomic mass is 10.1. The summed E-state index contributed by atoms with van der Waals surface area (Å²) in [6, 6.07) is 8.25. The molecule has 3 rings (SSSR count). The Kier molecular flexibility index (Phi) is 6.86. The van der Waals surface area contributed by atoms with Gasteiger partial charge in [0.2, 0.25) is 11.8 Å². The first-order valence-corrected chi connectivity index (χ1v) is 9.64. The molecule has 0 fully saturated rings. The fraction of sp³-hybridized carbons (Fsp3) is 0.333. The highest BCUT2D eigenvalue weighted by atomic mass is 19.4. The number of anilines is 2. The van der Waals surface area contributed by atoms with Gasteiger partial charge in [0, 0.05) is 6.54 Å². The number of likely N-dealkylation sites (N-methyl/N-ethyl adjacent to an activating group) is 1. The van der Waals surface area contributed by atoms with Gasteiger partial charge in [-0.05, 0) is 36.9 Å². The summed E-state index contributed by atoms with van der Waals surface area (Å²) >= 11 is 0. The van der Waals surface area contributed by atoms with Gasteiger partial charge in [-0.2, -0.15) is 13.2 Å². The van der Waals surface area contributed by atoms with Gasteiger partial charge in [-0.1, -0.05) is 24.3 Å². The zero-order valence-corrected chi connectivity index (χ0v) is 17.2. The van der Waals surface area contributed by atoms with Crippen molar-refractivity contribution in [1.29, 1.82) is 0 Å². The van der Waals surface area contributed by atoms with Crippen molar-refractivity contribution in [1.82, 2.24) is 4.90 Å². The Bertz CT molecular complexity index is 1010. The molecule has 0 saturated heterocycles. The van der Waals surface area contributed by atoms with E-state index in [9.17, 15) is 35.9 Å². The number of fused-ring (bicyclic) bond motifs is 1. The van der Waals surface area contributed by atoms with Crippen LogP contribution in [0.5, 0.6) is 5.75 Å². The smallest absolute Gasteiger partial charge is 0.406 e. The Morgan fingerprint density at radius 3 is 2.33 bits per heavy atom. The normalized spacial score (nSPS) is 16.8. The zero-order valence-electron chi connectivity index (χ0n) is 17.2. The van der Waals surface area contributed by atoms with Gasteiger partial charge in [-0.25, -0.2) is 0 Å². The molecule has 1 heterocycles. The van der Waals surface area contributed by atoms with Crippen molar-refractivity contribution in [2.75, 3.05) is 23.8 Å². The number of para-hydroxylation sites is 2. The molecule has 0 spiro atoms. The maximum Gasteiger partial charge on any atom is 0.573 e. The van der Waals surface area contributed by atoms with Crippen LogP contribution in [0.2, 0.25) is 0 Å². The molecule has 2 aromatic rings. The first kappa shape index (κ1) is 24.4. The van der Waals surface area contributed by atoms with Gasteiger partial charge in [-0.3, -0.25) is 19.4 Å². The summed E-state index contributed by atoms with van der Waals surface area (Å²) in [5, 5.41) is 2.39. The Morgan fingerprint density at radius 1 is 1.09 bits per heavy atom. The fourth-order valence-corrected chi connectivity index (χ4v) is 3.47. The topological polar surface area (TPSA) is 61.9 Å². The second-order valence-corrected chi connectivity index (χ2v) is 7.45. The summed E-state index contributed by atoms with van der Waals surface area (Å²) in [6.07, 6.45) is -10.6. The van der Waals surface area contributed by atoms with Crippen LogP contribution in [-0.2, 0) is 16.1 Å². The van der Waals surface area contributed by atoms with Gasteiger partial charge in [-0.15, -0.1) is 13.2 Å². The molecule has 1 N–H and O–H groups in total. The van der Waals surface area contributed by atoms with E-state index in [1.165, 1.54) is 48.3 Å². The third kappa shape index (κ3) is 6.37. The predicted octanol–water partition coefficient (Wildman–Crippen LogP) is 4.32. The molecular formula is C21H19F6N3O3. The van der Waals surface area contributed by atoms with E-state index in [1.54, 1.807) is 0 Å². The number of ether oxygens (including phenoxy) is 1. The van der Waals surface area contributed by atoms with Crippen molar-refractivity contribution in [3.8, 4) is 5.75 Å². The number of amides is 2. The van der Waals surface area contributed by atoms with Crippen molar-refractivity contribution in [3.05, 3.63) is 54.1 Å². The number of rotatable bonds is 5. The van der Waals surface area contributed by atoms with Crippen LogP contribution in [0.3, 0.4) is 0 Å². The molecule has 0 aromatic heterocycles. The van der Waals surface area contributed by atoms with Gasteiger partial charge in [0.25, 0.3) is 0 Å². The van der Waals surface area contributed by atoms with E-state index in [4.69, 9.17) is 0 Å². The van der Waals surface area contributed by atoms with Gasteiger partial charge in [0.1, 0.15) is 11.8 Å². The van der Waals surface area contributed by atoms with E-state index in [0.29, 0.717) is 10.5 Å². The minimum Gasteiger partial charge on any atom is -0.406 e. The lowest BCUT2D eigenvalue weighted by Gasteiger charge is -2.33. The number of carbonyl (C=O) groups is 2. The molecule has 0 aliphatic carbocycles. The average molecular weight is 475 g/mol. The summed E-state index contributed by atoms with van der Waals surface area (Å²) in [5.41, 5.74) is 0.531. The van der Waals surface area contributed by atoms with Crippen molar-refractivity contribution in [2.24, 2.45) is 0 Å². The first-order chi connectivity index (χ1) is 15.3. The fourth-order valence-electron chi connectivity index (χ4n) is 3.47. The Balaban J connectivity index is 1.77. The van der Waals surface area contributed by atoms with Gasteiger partial charge >= 0.3 is 12.5 Å². The molecule has 1 aliphatic heterocycles. The van der Waals surface area contributed by atoms with Gasteiger partial charge in [0.05, 0.1) is 24.3 Å². The van der Waals surface area contributed by atoms with Crippen LogP contribution in [0.4, 0.5) is 37.7 Å². The van der Waals surface area contributed by atoms with E-state index in [2.05, 4.69) is 10.1 Å². The molecule has 12 heteroatoms. The molecule has 2 amide bonds. The molecule has 0 bridgehead atoms.